The molecule has 1 fully saturated rings. The zero-order valence-electron chi connectivity index (χ0n) is 11.4. The Labute approximate surface area is 117 Å². The van der Waals surface area contributed by atoms with Crippen molar-refractivity contribution in [1.29, 1.82) is 0 Å². The molecule has 0 aliphatic carbocycles. The first-order valence-corrected chi connectivity index (χ1v) is 6.39. The second kappa shape index (κ2) is 4.62. The summed E-state index contributed by atoms with van der Waals surface area (Å²) in [7, 11) is 1.51. The van der Waals surface area contributed by atoms with Gasteiger partial charge in [0.05, 0.1) is 0 Å². The van der Waals surface area contributed by atoms with E-state index in [4.69, 9.17) is 16.4 Å². The fourth-order valence-electron chi connectivity index (χ4n) is 2.21. The maximum atomic E-state index is 12.4. The third-order valence-corrected chi connectivity index (χ3v) is 3.57. The highest BCUT2D eigenvalue weighted by molar-refractivity contribution is 6.32. The highest BCUT2D eigenvalue weighted by Crippen LogP contribution is 2.35. The molecule has 1 aromatic carbocycles. The summed E-state index contributed by atoms with van der Waals surface area (Å²) in [5, 5.41) is 1.54. The molecule has 2 rings (SSSR count). The fourth-order valence-corrected chi connectivity index (χ4v) is 2.56. The quantitative estimate of drug-likeness (QED) is 0.743. The smallest absolute Gasteiger partial charge is 0.261 e. The standard InChI is InChI=1S/C14H16ClNO3/c1-8-5-6-9(10(15)7-8)11-12(17)14(2,3)19-16(4)13(11)18/h5-7,11H,1-4H3. The van der Waals surface area contributed by atoms with E-state index >= 15 is 0 Å². The summed E-state index contributed by atoms with van der Waals surface area (Å²) < 4.78 is 0. The predicted molar refractivity (Wildman–Crippen MR) is 71.9 cm³/mol. The first kappa shape index (κ1) is 14.0. The van der Waals surface area contributed by atoms with Crippen molar-refractivity contribution in [3.63, 3.8) is 0 Å². The van der Waals surface area contributed by atoms with E-state index in [-0.39, 0.29) is 5.78 Å². The summed E-state index contributed by atoms with van der Waals surface area (Å²) in [6.45, 7) is 5.19. The van der Waals surface area contributed by atoms with Crippen LogP contribution in [0.5, 0.6) is 0 Å². The Morgan fingerprint density at radius 3 is 2.53 bits per heavy atom. The summed E-state index contributed by atoms with van der Waals surface area (Å²) >= 11 is 6.17. The molecular formula is C14H16ClNO3. The van der Waals surface area contributed by atoms with Crippen molar-refractivity contribution < 1.29 is 14.4 Å². The molecule has 1 aromatic rings. The lowest BCUT2D eigenvalue weighted by atomic mass is 9.84. The van der Waals surface area contributed by atoms with Crippen LogP contribution in [0.3, 0.4) is 0 Å². The first-order valence-electron chi connectivity index (χ1n) is 6.01. The van der Waals surface area contributed by atoms with Gasteiger partial charge in [0.25, 0.3) is 5.91 Å². The number of ketones is 1. The van der Waals surface area contributed by atoms with Crippen molar-refractivity contribution in [1.82, 2.24) is 5.06 Å². The highest BCUT2D eigenvalue weighted by Gasteiger charge is 2.48. The molecule has 4 nitrogen and oxygen atoms in total. The van der Waals surface area contributed by atoms with Gasteiger partial charge in [-0.1, -0.05) is 23.7 Å². The third-order valence-electron chi connectivity index (χ3n) is 3.24. The summed E-state index contributed by atoms with van der Waals surface area (Å²) in [5.41, 5.74) is 0.473. The number of hydroxylamine groups is 2. The minimum Gasteiger partial charge on any atom is -0.295 e. The number of hydrogen-bond donors (Lipinski definition) is 0. The van der Waals surface area contributed by atoms with Gasteiger partial charge in [0.1, 0.15) is 11.5 Å². The molecule has 0 spiro atoms. The molecule has 0 radical (unpaired) electrons. The number of carbonyl (C=O) groups is 2. The Morgan fingerprint density at radius 2 is 1.95 bits per heavy atom. The third kappa shape index (κ3) is 2.38. The lowest BCUT2D eigenvalue weighted by Crippen LogP contribution is -2.54. The van der Waals surface area contributed by atoms with Crippen LogP contribution in [-0.2, 0) is 14.4 Å². The summed E-state index contributed by atoms with van der Waals surface area (Å²) in [5.74, 6) is -1.57. The maximum Gasteiger partial charge on any atom is 0.261 e. The molecule has 0 N–H and O–H groups in total. The molecule has 1 saturated heterocycles. The number of hydrogen-bond acceptors (Lipinski definition) is 3. The summed E-state index contributed by atoms with van der Waals surface area (Å²) in [6, 6.07) is 5.32. The Balaban J connectivity index is 2.51. The molecule has 102 valence electrons. The number of nitrogens with zero attached hydrogens (tertiary/aromatic N) is 1. The van der Waals surface area contributed by atoms with E-state index in [0.717, 1.165) is 10.6 Å². The van der Waals surface area contributed by atoms with E-state index in [0.29, 0.717) is 10.6 Å². The average Bonchev–Trinajstić information content (AvgIpc) is 2.29. The van der Waals surface area contributed by atoms with E-state index in [1.54, 1.807) is 26.0 Å². The largest absolute Gasteiger partial charge is 0.295 e. The minimum atomic E-state index is -1.04. The van der Waals surface area contributed by atoms with Crippen molar-refractivity contribution in [2.75, 3.05) is 7.05 Å². The van der Waals surface area contributed by atoms with Gasteiger partial charge in [0, 0.05) is 12.1 Å². The highest BCUT2D eigenvalue weighted by atomic mass is 35.5. The number of benzene rings is 1. The Hall–Kier alpha value is -1.39. The van der Waals surface area contributed by atoms with E-state index in [2.05, 4.69) is 0 Å². The van der Waals surface area contributed by atoms with Crippen LogP contribution in [0.15, 0.2) is 18.2 Å². The average molecular weight is 282 g/mol. The van der Waals surface area contributed by atoms with Gasteiger partial charge in [0.2, 0.25) is 0 Å². The molecule has 1 heterocycles. The van der Waals surface area contributed by atoms with Gasteiger partial charge in [-0.2, -0.15) is 0 Å². The number of rotatable bonds is 1. The normalized spacial score (nSPS) is 22.8. The second-order valence-electron chi connectivity index (χ2n) is 5.26. The Morgan fingerprint density at radius 1 is 1.32 bits per heavy atom. The Bertz CT molecular complexity index is 554. The van der Waals surface area contributed by atoms with E-state index in [9.17, 15) is 9.59 Å². The van der Waals surface area contributed by atoms with Crippen molar-refractivity contribution in [3.05, 3.63) is 34.3 Å². The molecule has 0 bridgehead atoms. The van der Waals surface area contributed by atoms with Crippen molar-refractivity contribution in [2.24, 2.45) is 0 Å². The molecule has 1 atom stereocenters. The number of likely N-dealkylation sites (N-methyl/N-ethyl adjacent to an activating group) is 1. The SMILES string of the molecule is Cc1ccc(C2C(=O)N(C)OC(C)(C)C2=O)c(Cl)c1. The molecule has 19 heavy (non-hydrogen) atoms. The fraction of sp³-hybridized carbons (Fsp3) is 0.429. The van der Waals surface area contributed by atoms with Crippen LogP contribution in [0.1, 0.15) is 30.9 Å². The predicted octanol–water partition coefficient (Wildman–Crippen LogP) is 2.48. The van der Waals surface area contributed by atoms with Gasteiger partial charge >= 0.3 is 0 Å². The number of halogens is 1. The van der Waals surface area contributed by atoms with Crippen LogP contribution in [0.2, 0.25) is 5.02 Å². The summed E-state index contributed by atoms with van der Waals surface area (Å²) in [6.07, 6.45) is 0. The van der Waals surface area contributed by atoms with Crippen LogP contribution in [0.25, 0.3) is 0 Å². The topological polar surface area (TPSA) is 46.6 Å². The zero-order valence-corrected chi connectivity index (χ0v) is 12.1. The van der Waals surface area contributed by atoms with Gasteiger partial charge in [-0.05, 0) is 38.0 Å². The first-order chi connectivity index (χ1) is 8.74. The van der Waals surface area contributed by atoms with E-state index < -0.39 is 17.4 Å². The van der Waals surface area contributed by atoms with Crippen LogP contribution >= 0.6 is 11.6 Å². The van der Waals surface area contributed by atoms with Crippen LogP contribution in [-0.4, -0.2) is 29.4 Å². The molecule has 1 amide bonds. The molecule has 1 aliphatic heterocycles. The molecule has 1 aliphatic rings. The van der Waals surface area contributed by atoms with Crippen LogP contribution < -0.4 is 0 Å². The van der Waals surface area contributed by atoms with Gasteiger partial charge in [-0.25, -0.2) is 5.06 Å². The van der Waals surface area contributed by atoms with Gasteiger partial charge in [0.15, 0.2) is 5.78 Å². The molecule has 0 aromatic heterocycles. The van der Waals surface area contributed by atoms with Crippen molar-refractivity contribution in [2.45, 2.75) is 32.3 Å². The number of Topliss-reactive ketones (excluding diaryl/α,β-unsaturated/α-hetero) is 1. The van der Waals surface area contributed by atoms with Crippen molar-refractivity contribution in [3.8, 4) is 0 Å². The molecule has 0 saturated carbocycles. The monoisotopic (exact) mass is 281 g/mol. The van der Waals surface area contributed by atoms with Gasteiger partial charge < -0.3 is 0 Å². The van der Waals surface area contributed by atoms with E-state index in [1.165, 1.54) is 7.05 Å². The van der Waals surface area contributed by atoms with Gasteiger partial charge in [-0.3, -0.25) is 14.4 Å². The van der Waals surface area contributed by atoms with Crippen molar-refractivity contribution >= 4 is 23.3 Å². The lowest BCUT2D eigenvalue weighted by Gasteiger charge is -2.38. The Kier molecular flexibility index (Phi) is 3.41. The van der Waals surface area contributed by atoms with Gasteiger partial charge in [-0.15, -0.1) is 0 Å². The minimum absolute atomic E-state index is 0.277. The number of amides is 1. The van der Waals surface area contributed by atoms with Crippen LogP contribution in [0, 0.1) is 6.92 Å². The maximum absolute atomic E-state index is 12.4. The van der Waals surface area contributed by atoms with Crippen LogP contribution in [0.4, 0.5) is 0 Å². The molecule has 5 heteroatoms. The molecule has 1 unspecified atom stereocenters. The summed E-state index contributed by atoms with van der Waals surface area (Å²) in [4.78, 5) is 29.9. The van der Waals surface area contributed by atoms with E-state index in [1.807, 2.05) is 13.0 Å². The lowest BCUT2D eigenvalue weighted by molar-refractivity contribution is -0.233. The zero-order chi connectivity index (χ0) is 14.4. The number of aryl methyl sites for hydroxylation is 1. The molecular weight excluding hydrogens is 266 g/mol. The second-order valence-corrected chi connectivity index (χ2v) is 5.67. The number of carbonyl (C=O) groups excluding carboxylic acids is 2.